The third-order valence-electron chi connectivity index (χ3n) is 9.89. The van der Waals surface area contributed by atoms with Crippen LogP contribution in [0, 0.1) is 0 Å². The lowest BCUT2D eigenvalue weighted by Gasteiger charge is -2.02. The van der Waals surface area contributed by atoms with E-state index in [-0.39, 0.29) is 0 Å². The normalized spacial score (nSPS) is 10.5. The van der Waals surface area contributed by atoms with E-state index in [4.69, 9.17) is 5.11 Å². The van der Waals surface area contributed by atoms with Crippen molar-refractivity contribution in [3.05, 3.63) is 170 Å². The van der Waals surface area contributed by atoms with Crippen molar-refractivity contribution in [3.63, 3.8) is 0 Å². The third-order valence-corrected chi connectivity index (χ3v) is 9.89. The number of hydrogen-bond donors (Lipinski definition) is 1. The highest BCUT2D eigenvalue weighted by molar-refractivity contribution is 5.62. The number of unbranched alkanes of at least 4 members (excludes halogenated alkanes) is 5. The van der Waals surface area contributed by atoms with Gasteiger partial charge in [-0.1, -0.05) is 87.4 Å². The number of aromatic nitrogens is 4. The number of pyridine rings is 4. The van der Waals surface area contributed by atoms with Crippen LogP contribution in [-0.2, 0) is 39.0 Å². The smallest absolute Gasteiger partial charge is 0.171 e. The second-order valence-corrected chi connectivity index (χ2v) is 14.3. The first-order valence-electron chi connectivity index (χ1n) is 20.7. The number of hydrogen-bond acceptors (Lipinski definition) is 1. The zero-order chi connectivity index (χ0) is 38.8. The number of benzene rings is 2. The Balaban J connectivity index is 0.000000239. The summed E-state index contributed by atoms with van der Waals surface area (Å²) in [6, 6.07) is 38.8. The molecule has 0 aliphatic carbocycles. The van der Waals surface area contributed by atoms with Gasteiger partial charge in [-0.2, -0.15) is 0 Å². The van der Waals surface area contributed by atoms with Crippen LogP contribution in [0.2, 0.25) is 0 Å². The number of aryl methyl sites for hydroxylation is 6. The quantitative estimate of drug-likeness (QED) is 0.0653. The van der Waals surface area contributed by atoms with Gasteiger partial charge in [0.15, 0.2) is 49.6 Å². The summed E-state index contributed by atoms with van der Waals surface area (Å²) < 4.78 is 9.28. The zero-order valence-corrected chi connectivity index (χ0v) is 33.9. The average Bonchev–Trinajstić information content (AvgIpc) is 3.26. The maximum absolute atomic E-state index is 7.00. The molecule has 0 unspecified atom stereocenters. The van der Waals surface area contributed by atoms with Gasteiger partial charge in [-0.15, -0.1) is 0 Å². The first-order valence-corrected chi connectivity index (χ1v) is 20.7. The van der Waals surface area contributed by atoms with Gasteiger partial charge in [-0.3, -0.25) is 0 Å². The SMILES string of the molecule is CCCCc1ccc[n+](CCCC[n+]2cccc(CCCC)c2)c1.CO.c1ccc(-c2cc[n+](CCCCC[n+]3ccc(-c4ccccc4)cc3)cc2)cc1. The van der Waals surface area contributed by atoms with E-state index < -0.39 is 0 Å². The van der Waals surface area contributed by atoms with Gasteiger partial charge in [0, 0.05) is 80.3 Å². The second kappa shape index (κ2) is 25.9. The van der Waals surface area contributed by atoms with Gasteiger partial charge in [0.05, 0.1) is 0 Å². The van der Waals surface area contributed by atoms with Gasteiger partial charge in [-0.05, 0) is 66.5 Å². The van der Waals surface area contributed by atoms with Crippen LogP contribution in [0.3, 0.4) is 0 Å². The number of rotatable bonds is 19. The Morgan fingerprint density at radius 3 is 1.07 bits per heavy atom. The molecule has 288 valence electrons. The lowest BCUT2D eigenvalue weighted by atomic mass is 10.1. The fraction of sp³-hybridized carbons (Fsp3) is 0.360. The van der Waals surface area contributed by atoms with Crippen LogP contribution in [0.1, 0.15) is 82.8 Å². The average molecular weight is 739 g/mol. The van der Waals surface area contributed by atoms with Crippen molar-refractivity contribution in [2.24, 2.45) is 0 Å². The molecule has 0 spiro atoms. The molecule has 5 heteroatoms. The lowest BCUT2D eigenvalue weighted by molar-refractivity contribution is -0.708. The molecule has 4 aromatic heterocycles. The molecule has 0 fully saturated rings. The summed E-state index contributed by atoms with van der Waals surface area (Å²) >= 11 is 0. The summed E-state index contributed by atoms with van der Waals surface area (Å²) in [6.45, 7) is 8.91. The Morgan fingerprint density at radius 2 is 0.691 bits per heavy atom. The minimum atomic E-state index is 1.00. The largest absolute Gasteiger partial charge is 0.400 e. The molecule has 0 atom stereocenters. The third kappa shape index (κ3) is 16.1. The Labute approximate surface area is 332 Å². The van der Waals surface area contributed by atoms with Crippen LogP contribution in [0.5, 0.6) is 0 Å². The van der Waals surface area contributed by atoms with E-state index in [2.05, 4.69) is 191 Å². The van der Waals surface area contributed by atoms with Crippen molar-refractivity contribution in [1.82, 2.24) is 0 Å². The van der Waals surface area contributed by atoms with Crippen molar-refractivity contribution >= 4 is 0 Å². The topological polar surface area (TPSA) is 35.8 Å². The van der Waals surface area contributed by atoms with E-state index in [9.17, 15) is 0 Å². The number of nitrogens with zero attached hydrogens (tertiary/aromatic N) is 4. The highest BCUT2D eigenvalue weighted by Crippen LogP contribution is 2.17. The summed E-state index contributed by atoms with van der Waals surface area (Å²) in [6.07, 6.45) is 31.5. The Morgan fingerprint density at radius 1 is 0.345 bits per heavy atom. The maximum Gasteiger partial charge on any atom is 0.171 e. The summed E-state index contributed by atoms with van der Waals surface area (Å²) in [5.74, 6) is 0. The number of aliphatic hydroxyl groups excluding tert-OH is 1. The van der Waals surface area contributed by atoms with E-state index >= 15 is 0 Å². The molecule has 6 rings (SSSR count). The Bertz CT molecular complexity index is 1720. The summed E-state index contributed by atoms with van der Waals surface area (Å²) in [7, 11) is 1.00. The van der Waals surface area contributed by atoms with Crippen molar-refractivity contribution in [2.45, 2.75) is 111 Å². The Kier molecular flexibility index (Phi) is 20.1. The van der Waals surface area contributed by atoms with Crippen molar-refractivity contribution in [2.75, 3.05) is 7.11 Å². The summed E-state index contributed by atoms with van der Waals surface area (Å²) in [4.78, 5) is 0. The lowest BCUT2D eigenvalue weighted by Crippen LogP contribution is -2.36. The molecule has 2 aromatic carbocycles. The van der Waals surface area contributed by atoms with Gasteiger partial charge < -0.3 is 5.11 Å². The van der Waals surface area contributed by atoms with Crippen LogP contribution in [0.25, 0.3) is 22.3 Å². The standard InChI is InChI=1S/C27H28N2.C22H34N2.CH4O/c1-4-10-24(11-5-1)26-14-20-28(21-15-26)18-8-3-9-19-29-22-16-27(17-23-29)25-12-6-2-7-13-25;1-3-5-11-21-13-9-17-23(19-21)15-7-8-16-24-18-10-14-22(20-24)12-6-4-2;1-2/h1-2,4-7,10-17,20-23H,3,8-9,18-19H2;9-10,13-14,17-20H,3-8,11-12,15-16H2,1-2H3;2H,1H3/q2*+2;. The fourth-order valence-electron chi connectivity index (χ4n) is 6.70. The molecule has 4 heterocycles. The van der Waals surface area contributed by atoms with Crippen LogP contribution < -0.4 is 18.3 Å². The molecule has 5 nitrogen and oxygen atoms in total. The number of aliphatic hydroxyl groups is 1. The van der Waals surface area contributed by atoms with E-state index in [0.29, 0.717) is 0 Å². The molecule has 0 saturated carbocycles. The summed E-state index contributed by atoms with van der Waals surface area (Å²) in [5, 5.41) is 7.00. The molecule has 0 radical (unpaired) electrons. The molecule has 0 amide bonds. The summed E-state index contributed by atoms with van der Waals surface area (Å²) in [5.41, 5.74) is 8.04. The first-order chi connectivity index (χ1) is 27.2. The predicted octanol–water partition coefficient (Wildman–Crippen LogP) is 9.50. The van der Waals surface area contributed by atoms with E-state index in [0.717, 1.165) is 33.3 Å². The molecule has 55 heavy (non-hydrogen) atoms. The van der Waals surface area contributed by atoms with Crippen LogP contribution in [0.4, 0.5) is 0 Å². The van der Waals surface area contributed by atoms with Crippen molar-refractivity contribution < 1.29 is 23.4 Å². The first kappa shape index (κ1) is 42.7. The zero-order valence-electron chi connectivity index (χ0n) is 33.9. The monoisotopic (exact) mass is 739 g/mol. The van der Waals surface area contributed by atoms with Gasteiger partial charge in [0.2, 0.25) is 0 Å². The van der Waals surface area contributed by atoms with Crippen LogP contribution >= 0.6 is 0 Å². The molecule has 0 aliphatic heterocycles. The maximum atomic E-state index is 7.00. The van der Waals surface area contributed by atoms with Crippen molar-refractivity contribution in [3.8, 4) is 22.3 Å². The second-order valence-electron chi connectivity index (χ2n) is 14.3. The molecular weight excluding hydrogens is 673 g/mol. The van der Waals surface area contributed by atoms with Gasteiger partial charge >= 0.3 is 0 Å². The van der Waals surface area contributed by atoms with Crippen molar-refractivity contribution in [1.29, 1.82) is 0 Å². The minimum absolute atomic E-state index is 1.00. The molecule has 0 aliphatic rings. The van der Waals surface area contributed by atoms with E-state index in [1.54, 1.807) is 0 Å². The highest BCUT2D eigenvalue weighted by atomic mass is 16.2. The van der Waals surface area contributed by atoms with Crippen LogP contribution in [-0.4, -0.2) is 12.2 Å². The van der Waals surface area contributed by atoms with Gasteiger partial charge in [-0.25, -0.2) is 18.3 Å². The fourth-order valence-corrected chi connectivity index (χ4v) is 6.70. The highest BCUT2D eigenvalue weighted by Gasteiger charge is 2.08. The Hall–Kier alpha value is -5.00. The van der Waals surface area contributed by atoms with Gasteiger partial charge in [0.25, 0.3) is 0 Å². The molecule has 6 aromatic rings. The molecule has 0 bridgehead atoms. The molecular formula is C50H66N4O+4. The minimum Gasteiger partial charge on any atom is -0.400 e. The van der Waals surface area contributed by atoms with Gasteiger partial charge in [0.1, 0.15) is 26.2 Å². The molecule has 1 N–H and O–H groups in total. The predicted molar refractivity (Wildman–Crippen MR) is 226 cm³/mol. The van der Waals surface area contributed by atoms with E-state index in [1.807, 2.05) is 0 Å². The van der Waals surface area contributed by atoms with E-state index in [1.165, 1.54) is 104 Å². The van der Waals surface area contributed by atoms with Crippen LogP contribution in [0.15, 0.2) is 159 Å². The molecule has 0 saturated heterocycles.